The molecular formula is C29H41F2NOS. The van der Waals surface area contributed by atoms with Crippen LogP contribution in [0.25, 0.3) is 0 Å². The molecule has 188 valence electrons. The van der Waals surface area contributed by atoms with Gasteiger partial charge in [0.05, 0.1) is 4.90 Å². The monoisotopic (exact) mass is 489 g/mol. The Kier molecular flexibility index (Phi) is 7.05. The molecule has 0 spiro atoms. The maximum atomic E-state index is 13.8. The molecule has 0 aliphatic heterocycles. The van der Waals surface area contributed by atoms with Crippen molar-refractivity contribution in [3.63, 3.8) is 0 Å². The van der Waals surface area contributed by atoms with Gasteiger partial charge in [0.1, 0.15) is 11.6 Å². The van der Waals surface area contributed by atoms with E-state index in [1.807, 2.05) is 0 Å². The van der Waals surface area contributed by atoms with Crippen molar-refractivity contribution in [1.29, 1.82) is 0 Å². The molecule has 4 fully saturated rings. The summed E-state index contributed by atoms with van der Waals surface area (Å²) in [7, 11) is 0. The summed E-state index contributed by atoms with van der Waals surface area (Å²) in [5.74, 6) is 3.32. The van der Waals surface area contributed by atoms with Crippen molar-refractivity contribution in [3.05, 3.63) is 29.8 Å². The van der Waals surface area contributed by atoms with Crippen molar-refractivity contribution in [2.75, 3.05) is 0 Å². The lowest BCUT2D eigenvalue weighted by Gasteiger charge is -2.60. The fourth-order valence-electron chi connectivity index (χ4n) is 9.11. The van der Waals surface area contributed by atoms with Crippen molar-refractivity contribution < 1.29 is 13.6 Å². The Labute approximate surface area is 208 Å². The first kappa shape index (κ1) is 24.6. The van der Waals surface area contributed by atoms with Crippen LogP contribution in [-0.2, 0) is 4.79 Å². The predicted octanol–water partition coefficient (Wildman–Crippen LogP) is 8.31. The van der Waals surface area contributed by atoms with E-state index in [1.165, 1.54) is 64.2 Å². The van der Waals surface area contributed by atoms with Crippen molar-refractivity contribution in [2.24, 2.45) is 40.4 Å². The first-order valence-electron chi connectivity index (χ1n) is 13.7. The molecule has 1 amide bonds. The average molecular weight is 490 g/mol. The summed E-state index contributed by atoms with van der Waals surface area (Å²) in [6.45, 7) is 5.22. The number of hydrogen-bond donors (Lipinski definition) is 1. The van der Waals surface area contributed by atoms with Crippen molar-refractivity contribution in [2.45, 2.75) is 102 Å². The minimum atomic E-state index is -0.511. The second kappa shape index (κ2) is 9.75. The molecule has 0 heterocycles. The fraction of sp³-hybridized carbons (Fsp3) is 0.759. The summed E-state index contributed by atoms with van der Waals surface area (Å²) in [4.78, 5) is 12.5. The molecule has 0 radical (unpaired) electrons. The Balaban J connectivity index is 1.14. The van der Waals surface area contributed by atoms with Crippen molar-refractivity contribution in [3.8, 4) is 0 Å². The van der Waals surface area contributed by atoms with Gasteiger partial charge in [0.15, 0.2) is 0 Å². The van der Waals surface area contributed by atoms with Gasteiger partial charge >= 0.3 is 0 Å². The number of nitrogens with one attached hydrogen (secondary N) is 1. The highest BCUT2D eigenvalue weighted by molar-refractivity contribution is 7.98. The number of carbonyl (C=O) groups excluding carboxylic acids is 1. The van der Waals surface area contributed by atoms with E-state index in [2.05, 4.69) is 18.6 Å². The zero-order valence-electron chi connectivity index (χ0n) is 20.9. The molecule has 0 aromatic heterocycles. The van der Waals surface area contributed by atoms with Crippen molar-refractivity contribution in [1.82, 2.24) is 4.72 Å². The van der Waals surface area contributed by atoms with E-state index in [0.717, 1.165) is 72.6 Å². The molecule has 0 saturated heterocycles. The van der Waals surface area contributed by atoms with E-state index in [0.29, 0.717) is 17.3 Å². The maximum absolute atomic E-state index is 13.8. The van der Waals surface area contributed by atoms with Crippen LogP contribution in [0.5, 0.6) is 0 Å². The van der Waals surface area contributed by atoms with Crippen LogP contribution in [0.4, 0.5) is 8.78 Å². The predicted molar refractivity (Wildman–Crippen MR) is 134 cm³/mol. The maximum Gasteiger partial charge on any atom is 0.230 e. The van der Waals surface area contributed by atoms with E-state index in [4.69, 9.17) is 0 Å². The van der Waals surface area contributed by atoms with Gasteiger partial charge in [-0.15, -0.1) is 0 Å². The number of carbonyl (C=O) groups is 1. The van der Waals surface area contributed by atoms with E-state index in [-0.39, 0.29) is 10.8 Å². The zero-order chi connectivity index (χ0) is 23.9. The Morgan fingerprint density at radius 2 is 1.82 bits per heavy atom. The van der Waals surface area contributed by atoms with Gasteiger partial charge in [0.25, 0.3) is 0 Å². The largest absolute Gasteiger partial charge is 0.296 e. The minimum Gasteiger partial charge on any atom is -0.296 e. The van der Waals surface area contributed by atoms with Gasteiger partial charge in [-0.2, -0.15) is 0 Å². The van der Waals surface area contributed by atoms with Crippen LogP contribution in [0, 0.1) is 52.1 Å². The number of benzene rings is 1. The molecule has 1 aromatic rings. The Hall–Kier alpha value is -1.10. The molecule has 4 aliphatic rings. The van der Waals surface area contributed by atoms with Crippen LogP contribution in [0.15, 0.2) is 23.1 Å². The van der Waals surface area contributed by atoms with E-state index >= 15 is 0 Å². The van der Waals surface area contributed by atoms with Crippen molar-refractivity contribution >= 4 is 17.9 Å². The Morgan fingerprint density at radius 1 is 1.00 bits per heavy atom. The first-order valence-corrected chi connectivity index (χ1v) is 14.5. The minimum absolute atomic E-state index is 0.0967. The summed E-state index contributed by atoms with van der Waals surface area (Å²) in [6.07, 6.45) is 16.6. The molecule has 1 aromatic carbocycles. The summed E-state index contributed by atoms with van der Waals surface area (Å²) >= 11 is 0.876. The van der Waals surface area contributed by atoms with Gasteiger partial charge in [-0.1, -0.05) is 26.7 Å². The molecular weight excluding hydrogens is 448 g/mol. The van der Waals surface area contributed by atoms with Gasteiger partial charge in [-0.05, 0) is 135 Å². The van der Waals surface area contributed by atoms with Crippen LogP contribution >= 0.6 is 11.9 Å². The van der Waals surface area contributed by atoms with Crippen LogP contribution in [0.3, 0.4) is 0 Å². The van der Waals surface area contributed by atoms with Crippen LogP contribution in [-0.4, -0.2) is 5.91 Å². The number of amides is 1. The third kappa shape index (κ3) is 4.44. The third-order valence-corrected chi connectivity index (χ3v) is 11.8. The Bertz CT molecular complexity index is 908. The van der Waals surface area contributed by atoms with Gasteiger partial charge in [-0.25, -0.2) is 8.78 Å². The lowest BCUT2D eigenvalue weighted by atomic mass is 9.45. The second-order valence-corrected chi connectivity index (χ2v) is 13.2. The number of fused-ring (bicyclic) bond motifs is 5. The topological polar surface area (TPSA) is 29.1 Å². The second-order valence-electron chi connectivity index (χ2n) is 12.3. The molecule has 5 rings (SSSR count). The van der Waals surface area contributed by atoms with Gasteiger partial charge < -0.3 is 0 Å². The molecule has 34 heavy (non-hydrogen) atoms. The third-order valence-electron chi connectivity index (χ3n) is 10.9. The van der Waals surface area contributed by atoms with Gasteiger partial charge in [0.2, 0.25) is 5.91 Å². The lowest BCUT2D eigenvalue weighted by Crippen LogP contribution is -2.52. The fourth-order valence-corrected chi connectivity index (χ4v) is 9.77. The molecule has 1 N–H and O–H groups in total. The van der Waals surface area contributed by atoms with Gasteiger partial charge in [0, 0.05) is 6.42 Å². The average Bonchev–Trinajstić information content (AvgIpc) is 3.15. The van der Waals surface area contributed by atoms with E-state index in [1.54, 1.807) is 0 Å². The molecule has 2 nitrogen and oxygen atoms in total. The highest BCUT2D eigenvalue weighted by atomic mass is 32.2. The van der Waals surface area contributed by atoms with Crippen LogP contribution in [0.2, 0.25) is 0 Å². The Morgan fingerprint density at radius 3 is 2.68 bits per heavy atom. The smallest absolute Gasteiger partial charge is 0.230 e. The van der Waals surface area contributed by atoms with Gasteiger partial charge in [-0.3, -0.25) is 9.52 Å². The molecule has 0 bridgehead atoms. The number of halogens is 2. The number of hydrogen-bond acceptors (Lipinski definition) is 2. The normalized spacial score (nSPS) is 39.1. The standard InChI is InChI=1S/C29H41F2NOS/c1-28-16-4-3-6-19(28)9-12-22-23-13-10-20(29(23,2)17-15-24(22)28)7-5-8-27(33)32-34-26-18-21(30)11-14-25(26)31/h11,14,18-20,22-24H,3-10,12-13,15-17H2,1-2H3,(H,32,33). The van der Waals surface area contributed by atoms with E-state index in [9.17, 15) is 13.6 Å². The van der Waals surface area contributed by atoms with E-state index < -0.39 is 11.6 Å². The summed E-state index contributed by atoms with van der Waals surface area (Å²) in [5, 5.41) is 0. The quantitative estimate of drug-likeness (QED) is 0.407. The number of rotatable bonds is 6. The highest BCUT2D eigenvalue weighted by Gasteiger charge is 2.59. The molecule has 7 atom stereocenters. The molecule has 7 unspecified atom stereocenters. The van der Waals surface area contributed by atoms with Crippen LogP contribution < -0.4 is 4.72 Å². The summed E-state index contributed by atoms with van der Waals surface area (Å²) in [5.41, 5.74) is 1.03. The highest BCUT2D eigenvalue weighted by Crippen LogP contribution is 2.67. The summed E-state index contributed by atoms with van der Waals surface area (Å²) in [6, 6.07) is 3.31. The molecule has 4 aliphatic carbocycles. The molecule has 5 heteroatoms. The zero-order valence-corrected chi connectivity index (χ0v) is 21.7. The summed E-state index contributed by atoms with van der Waals surface area (Å²) < 4.78 is 29.8. The lowest BCUT2D eigenvalue weighted by molar-refractivity contribution is -0.119. The first-order chi connectivity index (χ1) is 16.3. The molecule has 4 saturated carbocycles. The van der Waals surface area contributed by atoms with Crippen LogP contribution in [0.1, 0.15) is 97.3 Å². The SMILES string of the molecule is CC12CCCCC1CCC1C2CCC2(C)C(CCCC(=O)NSc3cc(F)ccc3F)CCC12.